The molecule has 8 nitrogen and oxygen atoms in total. The number of hydrogen-bond donors (Lipinski definition) is 2. The van der Waals surface area contributed by atoms with Crippen LogP contribution < -0.4 is 14.8 Å². The Labute approximate surface area is 178 Å². The number of nitrogens with zero attached hydrogens (tertiary/aromatic N) is 2. The maximum Gasteiger partial charge on any atom is 0.309 e. The zero-order chi connectivity index (χ0) is 22.1. The fraction of sp³-hybridized carbons (Fsp3) is 0.238. The Morgan fingerprint density at radius 1 is 1.27 bits per heavy atom. The Bertz CT molecular complexity index is 965. The van der Waals surface area contributed by atoms with Crippen LogP contribution in [0.1, 0.15) is 29.9 Å². The lowest BCUT2D eigenvalue weighted by Crippen LogP contribution is -2.14. The lowest BCUT2D eigenvalue weighted by molar-refractivity contribution is -0.136. The van der Waals surface area contributed by atoms with Gasteiger partial charge in [-0.05, 0) is 19.4 Å². The van der Waals surface area contributed by atoms with Gasteiger partial charge in [-0.1, -0.05) is 31.4 Å². The summed E-state index contributed by atoms with van der Waals surface area (Å²) >= 11 is 1.14. The zero-order valence-electron chi connectivity index (χ0n) is 16.8. The summed E-state index contributed by atoms with van der Waals surface area (Å²) in [4.78, 5) is 31.9. The smallest absolute Gasteiger partial charge is 0.309 e. The minimum Gasteiger partial charge on any atom is -0.481 e. The minimum atomic E-state index is -0.992. The van der Waals surface area contributed by atoms with Gasteiger partial charge >= 0.3 is 5.97 Å². The second-order valence-electron chi connectivity index (χ2n) is 6.34. The quantitative estimate of drug-likeness (QED) is 0.522. The first-order valence-corrected chi connectivity index (χ1v) is 9.91. The van der Waals surface area contributed by atoms with E-state index >= 15 is 0 Å². The van der Waals surface area contributed by atoms with Crippen LogP contribution in [0.4, 0.5) is 5.13 Å². The van der Waals surface area contributed by atoms with Gasteiger partial charge in [0, 0.05) is 17.5 Å². The van der Waals surface area contributed by atoms with Gasteiger partial charge in [0.25, 0.3) is 5.91 Å². The van der Waals surface area contributed by atoms with Crippen molar-refractivity contribution < 1.29 is 24.2 Å². The number of thiazole rings is 1. The Kier molecular flexibility index (Phi) is 8.30. The van der Waals surface area contributed by atoms with Crippen molar-refractivity contribution in [2.45, 2.75) is 26.4 Å². The van der Waals surface area contributed by atoms with E-state index in [-0.39, 0.29) is 36.5 Å². The predicted molar refractivity (Wildman–Crippen MR) is 115 cm³/mol. The van der Waals surface area contributed by atoms with Crippen molar-refractivity contribution in [1.29, 1.82) is 0 Å². The van der Waals surface area contributed by atoms with Crippen LogP contribution in [0.2, 0.25) is 0 Å². The second kappa shape index (κ2) is 10.9. The second-order valence-corrected chi connectivity index (χ2v) is 7.20. The van der Waals surface area contributed by atoms with Gasteiger partial charge < -0.3 is 14.6 Å². The highest BCUT2D eigenvalue weighted by molar-refractivity contribution is 7.14. The molecule has 2 N–H and O–H groups in total. The van der Waals surface area contributed by atoms with Crippen molar-refractivity contribution in [2.75, 3.05) is 11.9 Å². The highest BCUT2D eigenvalue weighted by Gasteiger charge is 2.15. The number of allylic oxidation sites excluding steroid dienone is 2. The van der Waals surface area contributed by atoms with Gasteiger partial charge in [0.2, 0.25) is 11.8 Å². The molecule has 2 rings (SSSR count). The number of carbonyl (C=O) groups excluding carboxylic acids is 1. The third-order valence-electron chi connectivity index (χ3n) is 3.48. The van der Waals surface area contributed by atoms with Crippen molar-refractivity contribution >= 4 is 28.3 Å². The molecule has 0 atom stereocenters. The van der Waals surface area contributed by atoms with Crippen LogP contribution in [0.3, 0.4) is 0 Å². The maximum absolute atomic E-state index is 12.7. The largest absolute Gasteiger partial charge is 0.481 e. The van der Waals surface area contributed by atoms with Crippen molar-refractivity contribution in [2.24, 2.45) is 0 Å². The molecule has 30 heavy (non-hydrogen) atoms. The average molecular weight is 429 g/mol. The van der Waals surface area contributed by atoms with Gasteiger partial charge in [-0.25, -0.2) is 4.98 Å². The molecule has 0 saturated carbocycles. The van der Waals surface area contributed by atoms with E-state index < -0.39 is 11.9 Å². The first kappa shape index (κ1) is 22.8. The van der Waals surface area contributed by atoms with Gasteiger partial charge in [0.05, 0.1) is 23.8 Å². The molecule has 0 aliphatic rings. The van der Waals surface area contributed by atoms with Crippen molar-refractivity contribution in [3.8, 4) is 11.8 Å². The molecule has 0 bridgehead atoms. The molecular formula is C21H23N3O5S. The van der Waals surface area contributed by atoms with Gasteiger partial charge in [-0.2, -0.15) is 4.98 Å². The van der Waals surface area contributed by atoms with E-state index in [1.165, 1.54) is 12.1 Å². The molecule has 0 unspecified atom stereocenters. The fourth-order valence-electron chi connectivity index (χ4n) is 2.24. The number of nitrogens with one attached hydrogen (secondary N) is 1. The molecule has 0 aliphatic carbocycles. The molecule has 0 aromatic carbocycles. The number of carboxylic acids is 1. The number of hydrogen-bond acceptors (Lipinski definition) is 7. The highest BCUT2D eigenvalue weighted by Crippen LogP contribution is 2.22. The molecule has 0 spiro atoms. The number of aromatic nitrogens is 2. The first-order chi connectivity index (χ1) is 14.3. The Morgan fingerprint density at radius 3 is 2.63 bits per heavy atom. The van der Waals surface area contributed by atoms with E-state index in [9.17, 15) is 9.59 Å². The monoisotopic (exact) mass is 429 g/mol. The summed E-state index contributed by atoms with van der Waals surface area (Å²) in [6.07, 6.45) is 4.66. The SMILES string of the molecule is C=C/C=C(\C=C)COc1cc(C(=O)Nc2nc(CC(=O)O)cs2)cc(OC(C)C)n1. The van der Waals surface area contributed by atoms with E-state index in [0.717, 1.165) is 16.9 Å². The molecule has 0 fully saturated rings. The molecule has 158 valence electrons. The molecule has 1 amide bonds. The van der Waals surface area contributed by atoms with Gasteiger partial charge in [-0.3, -0.25) is 14.9 Å². The van der Waals surface area contributed by atoms with Crippen molar-refractivity contribution in [3.63, 3.8) is 0 Å². The summed E-state index contributed by atoms with van der Waals surface area (Å²) in [5, 5.41) is 13.4. The van der Waals surface area contributed by atoms with E-state index in [1.807, 2.05) is 13.8 Å². The molecule has 0 saturated heterocycles. The molecule has 9 heteroatoms. The number of rotatable bonds is 11. The Morgan fingerprint density at radius 2 is 2.00 bits per heavy atom. The zero-order valence-corrected chi connectivity index (χ0v) is 17.6. The van der Waals surface area contributed by atoms with Gasteiger partial charge in [0.15, 0.2) is 5.13 Å². The summed E-state index contributed by atoms with van der Waals surface area (Å²) in [7, 11) is 0. The first-order valence-electron chi connectivity index (χ1n) is 9.03. The van der Waals surface area contributed by atoms with Gasteiger partial charge in [0.1, 0.15) is 6.61 Å². The fourth-order valence-corrected chi connectivity index (χ4v) is 2.95. The van der Waals surface area contributed by atoms with E-state index in [4.69, 9.17) is 14.6 Å². The van der Waals surface area contributed by atoms with Crippen LogP contribution in [-0.2, 0) is 11.2 Å². The van der Waals surface area contributed by atoms with Crippen LogP contribution in [0.15, 0.2) is 54.5 Å². The van der Waals surface area contributed by atoms with Crippen LogP contribution in [0, 0.1) is 0 Å². The maximum atomic E-state index is 12.7. The number of ether oxygens (including phenoxy) is 2. The lowest BCUT2D eigenvalue weighted by atomic mass is 10.2. The highest BCUT2D eigenvalue weighted by atomic mass is 32.1. The van der Waals surface area contributed by atoms with Crippen molar-refractivity contribution in [1.82, 2.24) is 9.97 Å². The van der Waals surface area contributed by atoms with E-state index in [0.29, 0.717) is 10.8 Å². The van der Waals surface area contributed by atoms with Crippen LogP contribution in [0.25, 0.3) is 0 Å². The number of pyridine rings is 1. The molecule has 0 radical (unpaired) electrons. The summed E-state index contributed by atoms with van der Waals surface area (Å²) in [5.41, 5.74) is 1.43. The average Bonchev–Trinajstić information content (AvgIpc) is 3.10. The molecule has 2 aromatic rings. The Balaban J connectivity index is 2.21. The molecule has 0 aliphatic heterocycles. The Hall–Kier alpha value is -3.46. The predicted octanol–water partition coefficient (Wildman–Crippen LogP) is 3.88. The number of anilines is 1. The normalized spacial score (nSPS) is 11.1. The number of carboxylic acid groups (broad SMARTS) is 1. The summed E-state index contributed by atoms with van der Waals surface area (Å²) in [6, 6.07) is 2.99. The third-order valence-corrected chi connectivity index (χ3v) is 4.29. The topological polar surface area (TPSA) is 111 Å². The summed E-state index contributed by atoms with van der Waals surface area (Å²) < 4.78 is 11.3. The summed E-state index contributed by atoms with van der Waals surface area (Å²) in [6.45, 7) is 11.2. The lowest BCUT2D eigenvalue weighted by Gasteiger charge is -2.13. The van der Waals surface area contributed by atoms with E-state index in [1.54, 1.807) is 23.6 Å². The third kappa shape index (κ3) is 7.17. The molecular weight excluding hydrogens is 406 g/mol. The van der Waals surface area contributed by atoms with Gasteiger partial charge in [-0.15, -0.1) is 11.3 Å². The summed E-state index contributed by atoms with van der Waals surface area (Å²) in [5.74, 6) is -0.987. The molecule has 2 heterocycles. The standard InChI is InChI=1S/C21H23N3O5S/c1-5-7-14(6-2)11-28-17-8-15(9-18(23-17)29-13(3)4)20(27)24-21-22-16(12-30-21)10-19(25)26/h5-9,12-13H,1-2,10-11H2,3-4H3,(H,25,26)(H,22,24,27)/b14-7+. The van der Waals surface area contributed by atoms with Crippen LogP contribution in [0.5, 0.6) is 11.8 Å². The number of aliphatic carboxylic acids is 1. The number of carbonyl (C=O) groups is 2. The van der Waals surface area contributed by atoms with Crippen molar-refractivity contribution in [3.05, 3.63) is 65.7 Å². The molecule has 2 aromatic heterocycles. The minimum absolute atomic E-state index is 0.148. The number of amides is 1. The van der Waals surface area contributed by atoms with E-state index in [2.05, 4.69) is 28.4 Å². The van der Waals surface area contributed by atoms with Crippen LogP contribution in [-0.4, -0.2) is 39.7 Å². The van der Waals surface area contributed by atoms with Crippen LogP contribution >= 0.6 is 11.3 Å².